The van der Waals surface area contributed by atoms with Gasteiger partial charge in [0.2, 0.25) is 11.5 Å². The number of carbonyl (C=O) groups is 2. The van der Waals surface area contributed by atoms with Crippen molar-refractivity contribution in [3.8, 4) is 45.6 Å². The summed E-state index contributed by atoms with van der Waals surface area (Å²) in [7, 11) is 0. The number of phenols is 6. The van der Waals surface area contributed by atoms with Crippen LogP contribution >= 0.6 is 0 Å². The molecule has 0 heterocycles. The van der Waals surface area contributed by atoms with Crippen LogP contribution in [0.25, 0.3) is 11.1 Å². The number of unbranched alkanes of at least 4 members (excludes halogenated alkanes) is 22. The quantitative estimate of drug-likeness (QED) is 0.0268. The summed E-state index contributed by atoms with van der Waals surface area (Å²) < 4.78 is 10.9. The molecule has 2 aromatic carbocycles. The van der Waals surface area contributed by atoms with E-state index < -0.39 is 68.7 Å². The molecule has 2 rings (SSSR count). The molecule has 0 saturated carbocycles. The third kappa shape index (κ3) is 15.4. The first-order valence-electron chi connectivity index (χ1n) is 20.1. The minimum absolute atomic E-state index is 0.0405. The molecule has 0 fully saturated rings. The number of hydrogen-bond donors (Lipinski definition) is 6. The molecule has 2 aromatic rings. The van der Waals surface area contributed by atoms with Crippen molar-refractivity contribution in [3.63, 3.8) is 0 Å². The topological polar surface area (TPSA) is 174 Å². The second kappa shape index (κ2) is 26.0. The Kier molecular flexibility index (Phi) is 22.2. The molecule has 0 bridgehead atoms. The molecule has 52 heavy (non-hydrogen) atoms. The molecule has 10 heteroatoms. The summed E-state index contributed by atoms with van der Waals surface area (Å²) in [5, 5.41) is 63.1. The smallest absolute Gasteiger partial charge is 0.339 e. The average Bonchev–Trinajstić information content (AvgIpc) is 3.13. The number of carbonyl (C=O) groups excluding carboxylic acids is 2. The zero-order valence-corrected chi connectivity index (χ0v) is 31.9. The van der Waals surface area contributed by atoms with E-state index in [4.69, 9.17) is 9.47 Å². The van der Waals surface area contributed by atoms with Crippen LogP contribution in [0.5, 0.6) is 34.5 Å². The highest BCUT2D eigenvalue weighted by Crippen LogP contribution is 2.52. The van der Waals surface area contributed by atoms with Gasteiger partial charge in [-0.05, 0) is 25.0 Å². The van der Waals surface area contributed by atoms with Gasteiger partial charge in [-0.2, -0.15) is 0 Å². The van der Waals surface area contributed by atoms with Gasteiger partial charge in [-0.1, -0.05) is 155 Å². The number of rotatable bonds is 29. The average molecular weight is 731 g/mol. The first-order chi connectivity index (χ1) is 25.1. The summed E-state index contributed by atoms with van der Waals surface area (Å²) in [5.74, 6) is -7.77. The Morgan fingerprint density at radius 1 is 0.404 bits per heavy atom. The fourth-order valence-corrected chi connectivity index (χ4v) is 6.49. The van der Waals surface area contributed by atoms with Crippen molar-refractivity contribution in [1.82, 2.24) is 0 Å². The standard InChI is InChI=1S/C42H66O10/c1-3-5-7-9-11-13-15-17-19-21-23-25-27-51-41(49)31-29-33(43)37(45)39(47)35(31)36-32(30-34(44)38(46)40(36)48)42(50)52-28-26-24-22-20-18-16-14-12-10-8-6-4-2/h29-30,43-48H,3-28H2,1-2H3. The molecule has 0 amide bonds. The van der Waals surface area contributed by atoms with Crippen LogP contribution in [0.3, 0.4) is 0 Å². The van der Waals surface area contributed by atoms with Gasteiger partial charge in [-0.3, -0.25) is 0 Å². The lowest BCUT2D eigenvalue weighted by Gasteiger charge is -2.18. The van der Waals surface area contributed by atoms with Crippen molar-refractivity contribution >= 4 is 11.9 Å². The maximum atomic E-state index is 13.3. The monoisotopic (exact) mass is 730 g/mol. The fraction of sp³-hybridized carbons (Fsp3) is 0.667. The number of esters is 2. The molecule has 6 N–H and O–H groups in total. The Labute approximate surface area is 311 Å². The van der Waals surface area contributed by atoms with Gasteiger partial charge < -0.3 is 40.1 Å². The second-order valence-electron chi connectivity index (χ2n) is 14.1. The van der Waals surface area contributed by atoms with Crippen molar-refractivity contribution in [2.45, 2.75) is 168 Å². The molecule has 0 aliphatic carbocycles. The predicted octanol–water partition coefficient (Wildman–Crippen LogP) is 11.3. The summed E-state index contributed by atoms with van der Waals surface area (Å²) in [6, 6.07) is 1.69. The van der Waals surface area contributed by atoms with E-state index in [1.54, 1.807) is 0 Å². The molecule has 294 valence electrons. The van der Waals surface area contributed by atoms with Crippen LogP contribution in [0.2, 0.25) is 0 Å². The first kappa shape index (κ1) is 44.3. The molecule has 0 radical (unpaired) electrons. The predicted molar refractivity (Wildman–Crippen MR) is 205 cm³/mol. The van der Waals surface area contributed by atoms with Crippen LogP contribution in [0, 0.1) is 0 Å². The number of ether oxygens (including phenoxy) is 2. The van der Waals surface area contributed by atoms with Gasteiger partial charge in [0.05, 0.1) is 24.3 Å². The lowest BCUT2D eigenvalue weighted by molar-refractivity contribution is 0.0485. The molecule has 0 unspecified atom stereocenters. The highest BCUT2D eigenvalue weighted by Gasteiger charge is 2.32. The van der Waals surface area contributed by atoms with Gasteiger partial charge in [0.15, 0.2) is 23.0 Å². The van der Waals surface area contributed by atoms with Crippen molar-refractivity contribution in [2.75, 3.05) is 13.2 Å². The summed E-state index contributed by atoms with van der Waals surface area (Å²) in [6.45, 7) is 4.51. The zero-order chi connectivity index (χ0) is 38.1. The Balaban J connectivity index is 1.98. The minimum atomic E-state index is -1.03. The van der Waals surface area contributed by atoms with Crippen molar-refractivity contribution in [1.29, 1.82) is 0 Å². The van der Waals surface area contributed by atoms with E-state index in [0.29, 0.717) is 12.8 Å². The van der Waals surface area contributed by atoms with E-state index >= 15 is 0 Å². The van der Waals surface area contributed by atoms with Gasteiger partial charge in [0.25, 0.3) is 0 Å². The van der Waals surface area contributed by atoms with E-state index in [1.165, 1.54) is 89.9 Å². The van der Waals surface area contributed by atoms with Crippen LogP contribution in [0.1, 0.15) is 189 Å². The third-order valence-corrected chi connectivity index (χ3v) is 9.66. The number of aromatic hydroxyl groups is 6. The SMILES string of the molecule is CCCCCCCCCCCCCCOC(=O)c1cc(O)c(O)c(O)c1-c1c(C(=O)OCCCCCCCCCCCCCC)cc(O)c(O)c1O. The largest absolute Gasteiger partial charge is 0.504 e. The van der Waals surface area contributed by atoms with Crippen LogP contribution in [-0.2, 0) is 9.47 Å². The number of phenolic OH excluding ortho intramolecular Hbond substituents is 6. The highest BCUT2D eigenvalue weighted by molar-refractivity contribution is 6.08. The van der Waals surface area contributed by atoms with Gasteiger partial charge in [0, 0.05) is 11.1 Å². The zero-order valence-electron chi connectivity index (χ0n) is 31.9. The van der Waals surface area contributed by atoms with Gasteiger partial charge in [-0.25, -0.2) is 9.59 Å². The molecule has 10 nitrogen and oxygen atoms in total. The van der Waals surface area contributed by atoms with Crippen molar-refractivity contribution < 1.29 is 49.7 Å². The van der Waals surface area contributed by atoms with Crippen molar-refractivity contribution in [2.24, 2.45) is 0 Å². The minimum Gasteiger partial charge on any atom is -0.504 e. The Morgan fingerprint density at radius 2 is 0.654 bits per heavy atom. The lowest BCUT2D eigenvalue weighted by atomic mass is 9.92. The third-order valence-electron chi connectivity index (χ3n) is 9.66. The van der Waals surface area contributed by atoms with Crippen molar-refractivity contribution in [3.05, 3.63) is 23.3 Å². The van der Waals surface area contributed by atoms with E-state index in [1.807, 2.05) is 0 Å². The van der Waals surface area contributed by atoms with Gasteiger partial charge in [0.1, 0.15) is 0 Å². The summed E-state index contributed by atoms with van der Waals surface area (Å²) in [6.07, 6.45) is 27.2. The Morgan fingerprint density at radius 3 is 0.923 bits per heavy atom. The van der Waals surface area contributed by atoms with E-state index in [0.717, 1.165) is 63.5 Å². The van der Waals surface area contributed by atoms with E-state index in [2.05, 4.69) is 13.8 Å². The summed E-state index contributed by atoms with van der Waals surface area (Å²) in [5.41, 5.74) is -2.08. The number of hydrogen-bond acceptors (Lipinski definition) is 10. The molecule has 0 aliphatic heterocycles. The van der Waals surface area contributed by atoms with E-state index in [9.17, 15) is 40.2 Å². The molecule has 0 saturated heterocycles. The normalized spacial score (nSPS) is 11.2. The van der Waals surface area contributed by atoms with Crippen LogP contribution < -0.4 is 0 Å². The van der Waals surface area contributed by atoms with E-state index in [-0.39, 0.29) is 13.2 Å². The Hall–Kier alpha value is -3.82. The molecular weight excluding hydrogens is 664 g/mol. The van der Waals surface area contributed by atoms with Gasteiger partial charge in [-0.15, -0.1) is 0 Å². The second-order valence-corrected chi connectivity index (χ2v) is 14.1. The molecule has 0 spiro atoms. The lowest BCUT2D eigenvalue weighted by Crippen LogP contribution is -2.12. The highest BCUT2D eigenvalue weighted by atomic mass is 16.5. The number of benzene rings is 2. The first-order valence-corrected chi connectivity index (χ1v) is 20.1. The molecule has 0 atom stereocenters. The van der Waals surface area contributed by atoms with Gasteiger partial charge >= 0.3 is 11.9 Å². The summed E-state index contributed by atoms with van der Waals surface area (Å²) >= 11 is 0. The maximum Gasteiger partial charge on any atom is 0.339 e. The molecule has 0 aromatic heterocycles. The molecule has 0 aliphatic rings. The fourth-order valence-electron chi connectivity index (χ4n) is 6.49. The van der Waals surface area contributed by atoms with Crippen LogP contribution in [0.4, 0.5) is 0 Å². The van der Waals surface area contributed by atoms with Crippen LogP contribution in [-0.4, -0.2) is 55.8 Å². The maximum absolute atomic E-state index is 13.3. The Bertz CT molecular complexity index is 1240. The van der Waals surface area contributed by atoms with Crippen LogP contribution in [0.15, 0.2) is 12.1 Å². The molecular formula is C42H66O10. The summed E-state index contributed by atoms with van der Waals surface area (Å²) in [4.78, 5) is 26.5.